The van der Waals surface area contributed by atoms with Gasteiger partial charge in [0.25, 0.3) is 5.91 Å². The molecule has 0 bridgehead atoms. The van der Waals surface area contributed by atoms with Crippen LogP contribution in [0.3, 0.4) is 0 Å². The highest BCUT2D eigenvalue weighted by Gasteiger charge is 2.23. The van der Waals surface area contributed by atoms with Crippen LogP contribution in [0.4, 0.5) is 0 Å². The summed E-state index contributed by atoms with van der Waals surface area (Å²) in [5.74, 6) is -1.56. The molecule has 7 heteroatoms. The van der Waals surface area contributed by atoms with Crippen LogP contribution in [0.25, 0.3) is 0 Å². The lowest BCUT2D eigenvalue weighted by molar-refractivity contribution is -0.144. The number of benzene rings is 1. The highest BCUT2D eigenvalue weighted by molar-refractivity contribution is 6.30. The Kier molecular flexibility index (Phi) is 5.59. The van der Waals surface area contributed by atoms with Crippen LogP contribution < -0.4 is 10.1 Å². The molecule has 0 saturated carbocycles. The minimum absolute atomic E-state index is 0.394. The number of ether oxygens (including phenoxy) is 1. The van der Waals surface area contributed by atoms with Crippen molar-refractivity contribution in [1.82, 2.24) is 5.32 Å². The Bertz CT molecular complexity index is 465. The van der Waals surface area contributed by atoms with Gasteiger partial charge in [-0.25, -0.2) is 4.79 Å². The lowest BCUT2D eigenvalue weighted by atomic mass is 10.2. The summed E-state index contributed by atoms with van der Waals surface area (Å²) < 4.78 is 5.31. The summed E-state index contributed by atoms with van der Waals surface area (Å²) >= 11 is 5.76. The number of hydrogen-bond acceptors (Lipinski definition) is 4. The number of aliphatic hydroxyl groups excluding tert-OH is 1. The summed E-state index contributed by atoms with van der Waals surface area (Å²) in [6.07, 6.45) is -0.910. The number of aliphatic hydroxyl groups is 1. The Morgan fingerprint density at radius 1 is 1.47 bits per heavy atom. The third kappa shape index (κ3) is 4.76. The van der Waals surface area contributed by atoms with E-state index in [0.717, 1.165) is 0 Å². The van der Waals surface area contributed by atoms with E-state index in [4.69, 9.17) is 26.6 Å². The number of carboxylic acids is 1. The molecular weight excluding hydrogens is 274 g/mol. The zero-order valence-electron chi connectivity index (χ0n) is 10.2. The van der Waals surface area contributed by atoms with Gasteiger partial charge >= 0.3 is 5.97 Å². The van der Waals surface area contributed by atoms with Crippen molar-refractivity contribution < 1.29 is 24.5 Å². The minimum Gasteiger partial charge on any atom is -0.481 e. The van der Waals surface area contributed by atoms with Gasteiger partial charge in [0.2, 0.25) is 0 Å². The van der Waals surface area contributed by atoms with Gasteiger partial charge in [0.1, 0.15) is 11.8 Å². The van der Waals surface area contributed by atoms with E-state index in [1.807, 2.05) is 0 Å². The largest absolute Gasteiger partial charge is 0.481 e. The first kappa shape index (κ1) is 15.3. The monoisotopic (exact) mass is 287 g/mol. The van der Waals surface area contributed by atoms with Crippen LogP contribution in [0, 0.1) is 0 Å². The van der Waals surface area contributed by atoms with Crippen molar-refractivity contribution in [1.29, 1.82) is 0 Å². The first-order chi connectivity index (χ1) is 8.93. The maximum atomic E-state index is 11.7. The van der Waals surface area contributed by atoms with E-state index in [9.17, 15) is 9.59 Å². The fourth-order valence-corrected chi connectivity index (χ4v) is 1.45. The number of carboxylic acid groups (broad SMARTS) is 1. The van der Waals surface area contributed by atoms with E-state index in [1.165, 1.54) is 13.0 Å². The Labute approximate surface area is 114 Å². The molecule has 0 aliphatic carbocycles. The van der Waals surface area contributed by atoms with Gasteiger partial charge in [-0.05, 0) is 25.1 Å². The number of halogens is 1. The van der Waals surface area contributed by atoms with Crippen LogP contribution in [-0.2, 0) is 9.59 Å². The van der Waals surface area contributed by atoms with E-state index in [1.54, 1.807) is 18.2 Å². The molecule has 0 saturated heterocycles. The van der Waals surface area contributed by atoms with Crippen LogP contribution >= 0.6 is 11.6 Å². The number of aliphatic carboxylic acids is 1. The lowest BCUT2D eigenvalue weighted by Gasteiger charge is -2.17. The van der Waals surface area contributed by atoms with Crippen molar-refractivity contribution in [3.05, 3.63) is 29.3 Å². The topological polar surface area (TPSA) is 95.9 Å². The van der Waals surface area contributed by atoms with Gasteiger partial charge in [0.15, 0.2) is 6.10 Å². The molecule has 1 amide bonds. The summed E-state index contributed by atoms with van der Waals surface area (Å²) in [7, 11) is 0. The molecule has 1 aromatic rings. The van der Waals surface area contributed by atoms with Gasteiger partial charge in [-0.15, -0.1) is 0 Å². The molecule has 0 radical (unpaired) electrons. The predicted octanol–water partition coefficient (Wildman–Crippen LogP) is 0.669. The first-order valence-corrected chi connectivity index (χ1v) is 5.88. The summed E-state index contributed by atoms with van der Waals surface area (Å²) in [6.45, 7) is 0.775. The third-order valence-electron chi connectivity index (χ3n) is 2.28. The van der Waals surface area contributed by atoms with Crippen molar-refractivity contribution in [2.24, 2.45) is 0 Å². The van der Waals surface area contributed by atoms with Crippen LogP contribution in [0.1, 0.15) is 6.92 Å². The number of hydrogen-bond donors (Lipinski definition) is 3. The fourth-order valence-electron chi connectivity index (χ4n) is 1.27. The van der Waals surface area contributed by atoms with Gasteiger partial charge in [-0.2, -0.15) is 0 Å². The maximum absolute atomic E-state index is 11.7. The second-order valence-corrected chi connectivity index (χ2v) is 4.24. The Morgan fingerprint density at radius 3 is 2.68 bits per heavy atom. The van der Waals surface area contributed by atoms with Gasteiger partial charge in [0.05, 0.1) is 6.61 Å². The molecule has 0 heterocycles. The zero-order chi connectivity index (χ0) is 14.4. The summed E-state index contributed by atoms with van der Waals surface area (Å²) in [5.41, 5.74) is 0. The van der Waals surface area contributed by atoms with Crippen LogP contribution in [0.2, 0.25) is 5.02 Å². The van der Waals surface area contributed by atoms with Crippen LogP contribution in [-0.4, -0.2) is 40.8 Å². The Balaban J connectivity index is 2.60. The van der Waals surface area contributed by atoms with E-state index < -0.39 is 30.6 Å². The summed E-state index contributed by atoms with van der Waals surface area (Å²) in [6, 6.07) is 5.13. The fraction of sp³-hybridized carbons (Fsp3) is 0.333. The number of rotatable bonds is 6. The lowest BCUT2D eigenvalue weighted by Crippen LogP contribution is -2.48. The normalized spacial score (nSPS) is 13.4. The van der Waals surface area contributed by atoms with Crippen molar-refractivity contribution in [2.75, 3.05) is 6.61 Å². The van der Waals surface area contributed by atoms with Gasteiger partial charge < -0.3 is 20.3 Å². The van der Waals surface area contributed by atoms with E-state index in [0.29, 0.717) is 10.8 Å². The Hall–Kier alpha value is -1.79. The average Bonchev–Trinajstić information content (AvgIpc) is 2.35. The van der Waals surface area contributed by atoms with Crippen LogP contribution in [0.15, 0.2) is 24.3 Å². The predicted molar refractivity (Wildman–Crippen MR) is 68.2 cm³/mol. The molecule has 0 aliphatic heterocycles. The smallest absolute Gasteiger partial charge is 0.328 e. The number of carbonyl (C=O) groups excluding carboxylic acids is 1. The molecule has 1 rings (SSSR count). The Morgan fingerprint density at radius 2 is 2.16 bits per heavy atom. The molecule has 0 spiro atoms. The highest BCUT2D eigenvalue weighted by Crippen LogP contribution is 2.18. The van der Waals surface area contributed by atoms with Crippen LogP contribution in [0.5, 0.6) is 5.75 Å². The van der Waals surface area contributed by atoms with Crippen molar-refractivity contribution >= 4 is 23.5 Å². The molecule has 2 atom stereocenters. The molecule has 19 heavy (non-hydrogen) atoms. The molecule has 0 aromatic heterocycles. The minimum atomic E-state index is -1.35. The van der Waals surface area contributed by atoms with Gasteiger partial charge in [-0.1, -0.05) is 17.7 Å². The molecule has 6 nitrogen and oxygen atoms in total. The maximum Gasteiger partial charge on any atom is 0.328 e. The standard InChI is InChI=1S/C12H14ClNO5/c1-7(11(16)14-10(6-15)12(17)18)19-9-4-2-3-8(13)5-9/h2-5,7,10,15H,6H2,1H3,(H,14,16)(H,17,18). The number of nitrogens with one attached hydrogen (secondary N) is 1. The molecule has 3 N–H and O–H groups in total. The van der Waals surface area contributed by atoms with Gasteiger partial charge in [-0.3, -0.25) is 4.79 Å². The second kappa shape index (κ2) is 6.96. The number of carbonyl (C=O) groups is 2. The molecule has 1 aromatic carbocycles. The SMILES string of the molecule is CC(Oc1cccc(Cl)c1)C(=O)NC(CO)C(=O)O. The molecule has 0 aliphatic rings. The quantitative estimate of drug-likeness (QED) is 0.715. The number of amides is 1. The molecule has 2 unspecified atom stereocenters. The van der Waals surface area contributed by atoms with Crippen molar-refractivity contribution in [3.8, 4) is 5.75 Å². The third-order valence-corrected chi connectivity index (χ3v) is 2.51. The van der Waals surface area contributed by atoms with E-state index in [2.05, 4.69) is 5.32 Å². The molecule has 104 valence electrons. The first-order valence-electron chi connectivity index (χ1n) is 5.50. The summed E-state index contributed by atoms with van der Waals surface area (Å²) in [5, 5.41) is 20.1. The molecular formula is C12H14ClNO5. The van der Waals surface area contributed by atoms with E-state index in [-0.39, 0.29) is 0 Å². The molecule has 0 fully saturated rings. The zero-order valence-corrected chi connectivity index (χ0v) is 10.9. The van der Waals surface area contributed by atoms with E-state index >= 15 is 0 Å². The van der Waals surface area contributed by atoms with Gasteiger partial charge in [0, 0.05) is 5.02 Å². The second-order valence-electron chi connectivity index (χ2n) is 3.80. The van der Waals surface area contributed by atoms with Crippen molar-refractivity contribution in [2.45, 2.75) is 19.1 Å². The average molecular weight is 288 g/mol. The highest BCUT2D eigenvalue weighted by atomic mass is 35.5. The van der Waals surface area contributed by atoms with Crippen molar-refractivity contribution in [3.63, 3.8) is 0 Å². The summed E-state index contributed by atoms with van der Waals surface area (Å²) in [4.78, 5) is 22.3.